The number of carboxylic acid groups (broad SMARTS) is 1. The van der Waals surface area contributed by atoms with Crippen LogP contribution in [0.5, 0.6) is 0 Å². The van der Waals surface area contributed by atoms with Crippen molar-refractivity contribution < 1.29 is 14.7 Å². The molecule has 10 heteroatoms. The lowest BCUT2D eigenvalue weighted by atomic mass is 10.1. The van der Waals surface area contributed by atoms with Gasteiger partial charge in [-0.15, -0.1) is 0 Å². The number of nitrogens with zero attached hydrogens (tertiary/aromatic N) is 4. The van der Waals surface area contributed by atoms with E-state index in [-0.39, 0.29) is 18.9 Å². The molecule has 0 fully saturated rings. The number of amides is 1. The summed E-state index contributed by atoms with van der Waals surface area (Å²) in [5.41, 5.74) is 4.82. The minimum atomic E-state index is -0.890. The average Bonchev–Trinajstić information content (AvgIpc) is 3.21. The van der Waals surface area contributed by atoms with Crippen LogP contribution in [-0.4, -0.2) is 43.3 Å². The number of carbonyl (C=O) groups excluding carboxylic acids is 1. The van der Waals surface area contributed by atoms with Gasteiger partial charge in [-0.2, -0.15) is 9.78 Å². The minimum Gasteiger partial charge on any atom is -0.481 e. The van der Waals surface area contributed by atoms with E-state index in [1.54, 1.807) is 16.8 Å². The molecule has 0 unspecified atom stereocenters. The summed E-state index contributed by atoms with van der Waals surface area (Å²) in [5.74, 6) is 0.613. The van der Waals surface area contributed by atoms with Gasteiger partial charge in [0.2, 0.25) is 0 Å². The SMILES string of the molecule is Cc1cccc(C(=O)Nc2ccc(C)c(Nc3cc(C)nn3-c3cc(NCCC(=O)O)ncn3)c2)c1. The van der Waals surface area contributed by atoms with Gasteiger partial charge in [0.25, 0.3) is 5.91 Å². The fourth-order valence-corrected chi connectivity index (χ4v) is 3.58. The number of hydrogen-bond donors (Lipinski definition) is 4. The normalized spacial score (nSPS) is 10.6. The van der Waals surface area contributed by atoms with Crippen molar-refractivity contribution >= 4 is 34.9 Å². The summed E-state index contributed by atoms with van der Waals surface area (Å²) >= 11 is 0. The lowest BCUT2D eigenvalue weighted by molar-refractivity contribution is -0.136. The Hall–Kier alpha value is -4.73. The average molecular weight is 486 g/mol. The zero-order chi connectivity index (χ0) is 25.7. The molecule has 0 bridgehead atoms. The first-order valence-electron chi connectivity index (χ1n) is 11.4. The fourth-order valence-electron chi connectivity index (χ4n) is 3.58. The lowest BCUT2D eigenvalue weighted by Crippen LogP contribution is -2.12. The number of aryl methyl sites for hydroxylation is 3. The number of aliphatic carboxylic acids is 1. The van der Waals surface area contributed by atoms with Crippen molar-refractivity contribution in [2.45, 2.75) is 27.2 Å². The molecule has 4 N–H and O–H groups in total. The van der Waals surface area contributed by atoms with Crippen molar-refractivity contribution in [1.82, 2.24) is 19.7 Å². The van der Waals surface area contributed by atoms with E-state index in [0.717, 1.165) is 22.5 Å². The van der Waals surface area contributed by atoms with E-state index in [2.05, 4.69) is 31.0 Å². The molecule has 2 heterocycles. The Morgan fingerprint density at radius 1 is 1.00 bits per heavy atom. The van der Waals surface area contributed by atoms with Crippen LogP contribution < -0.4 is 16.0 Å². The zero-order valence-corrected chi connectivity index (χ0v) is 20.2. The summed E-state index contributed by atoms with van der Waals surface area (Å²) in [4.78, 5) is 32.0. The van der Waals surface area contributed by atoms with Crippen LogP contribution in [0.2, 0.25) is 0 Å². The van der Waals surface area contributed by atoms with E-state index in [9.17, 15) is 9.59 Å². The Labute approximate surface area is 208 Å². The second-order valence-electron chi connectivity index (χ2n) is 8.39. The van der Waals surface area contributed by atoms with Crippen molar-refractivity contribution in [3.63, 3.8) is 0 Å². The second kappa shape index (κ2) is 10.7. The predicted octanol–water partition coefficient (Wildman–Crippen LogP) is 4.47. The molecule has 0 aliphatic heterocycles. The van der Waals surface area contributed by atoms with Crippen LogP contribution in [0, 0.1) is 20.8 Å². The van der Waals surface area contributed by atoms with Crippen molar-refractivity contribution in [3.05, 3.63) is 83.3 Å². The molecule has 36 heavy (non-hydrogen) atoms. The Morgan fingerprint density at radius 2 is 1.83 bits per heavy atom. The Bertz CT molecular complexity index is 1410. The summed E-state index contributed by atoms with van der Waals surface area (Å²) in [5, 5.41) is 22.7. The number of carbonyl (C=O) groups is 2. The summed E-state index contributed by atoms with van der Waals surface area (Å²) in [6.45, 7) is 6.04. The van der Waals surface area contributed by atoms with E-state index >= 15 is 0 Å². The van der Waals surface area contributed by atoms with E-state index in [0.29, 0.717) is 28.7 Å². The Balaban J connectivity index is 1.55. The third-order valence-electron chi connectivity index (χ3n) is 5.38. The van der Waals surface area contributed by atoms with Gasteiger partial charge in [0.1, 0.15) is 18.0 Å². The third-order valence-corrected chi connectivity index (χ3v) is 5.38. The molecule has 2 aromatic heterocycles. The molecule has 4 aromatic rings. The van der Waals surface area contributed by atoms with Crippen molar-refractivity contribution in [1.29, 1.82) is 0 Å². The molecule has 0 aliphatic carbocycles. The number of aromatic nitrogens is 4. The van der Waals surface area contributed by atoms with Gasteiger partial charge in [0, 0.05) is 35.6 Å². The number of carboxylic acids is 1. The minimum absolute atomic E-state index is 0.0247. The third kappa shape index (κ3) is 6.03. The van der Waals surface area contributed by atoms with E-state index in [4.69, 9.17) is 5.11 Å². The maximum atomic E-state index is 12.7. The molecule has 0 spiro atoms. The molecule has 1 amide bonds. The quantitative estimate of drug-likeness (QED) is 0.273. The van der Waals surface area contributed by atoms with E-state index in [1.165, 1.54) is 6.33 Å². The van der Waals surface area contributed by atoms with Crippen LogP contribution in [-0.2, 0) is 4.79 Å². The first-order chi connectivity index (χ1) is 17.3. The molecule has 0 saturated heterocycles. The van der Waals surface area contributed by atoms with Crippen molar-refractivity contribution in [2.75, 3.05) is 22.5 Å². The summed E-state index contributed by atoms with van der Waals surface area (Å²) in [6.07, 6.45) is 1.37. The Morgan fingerprint density at radius 3 is 2.61 bits per heavy atom. The number of rotatable bonds is 9. The molecule has 0 radical (unpaired) electrons. The maximum Gasteiger partial charge on any atom is 0.305 e. The topological polar surface area (TPSA) is 134 Å². The maximum absolute atomic E-state index is 12.7. The largest absolute Gasteiger partial charge is 0.481 e. The highest BCUT2D eigenvalue weighted by Crippen LogP contribution is 2.27. The van der Waals surface area contributed by atoms with Crippen LogP contribution in [0.1, 0.15) is 33.6 Å². The van der Waals surface area contributed by atoms with Crippen molar-refractivity contribution in [2.24, 2.45) is 0 Å². The van der Waals surface area contributed by atoms with Gasteiger partial charge >= 0.3 is 5.97 Å². The highest BCUT2D eigenvalue weighted by molar-refractivity contribution is 6.04. The van der Waals surface area contributed by atoms with E-state index in [1.807, 2.05) is 63.2 Å². The smallest absolute Gasteiger partial charge is 0.305 e. The molecular weight excluding hydrogens is 458 g/mol. The molecule has 2 aromatic carbocycles. The van der Waals surface area contributed by atoms with Gasteiger partial charge in [-0.05, 0) is 50.6 Å². The lowest BCUT2D eigenvalue weighted by Gasteiger charge is -2.14. The van der Waals surface area contributed by atoms with Gasteiger partial charge in [-0.3, -0.25) is 9.59 Å². The highest BCUT2D eigenvalue weighted by atomic mass is 16.4. The van der Waals surface area contributed by atoms with Gasteiger partial charge in [-0.25, -0.2) is 9.97 Å². The number of nitrogens with one attached hydrogen (secondary N) is 3. The van der Waals surface area contributed by atoms with Crippen molar-refractivity contribution in [3.8, 4) is 5.82 Å². The van der Waals surface area contributed by atoms with Gasteiger partial charge < -0.3 is 21.1 Å². The summed E-state index contributed by atoms with van der Waals surface area (Å²) < 4.78 is 1.65. The molecule has 4 rings (SSSR count). The molecule has 184 valence electrons. The standard InChI is InChI=1S/C26H27N7O3/c1-16-5-4-6-19(11-16)26(36)30-20-8-7-17(2)21(13-20)31-24-12-18(3)32-33(24)23-14-22(28-15-29-23)27-10-9-25(34)35/h4-8,11-15,31H,9-10H2,1-3H3,(H,30,36)(H,34,35)(H,27,28,29). The van der Waals surface area contributed by atoms with Gasteiger partial charge in [-0.1, -0.05) is 23.8 Å². The van der Waals surface area contributed by atoms with Crippen LogP contribution in [0.25, 0.3) is 5.82 Å². The zero-order valence-electron chi connectivity index (χ0n) is 20.2. The van der Waals surface area contributed by atoms with Crippen LogP contribution in [0.4, 0.5) is 23.0 Å². The van der Waals surface area contributed by atoms with E-state index < -0.39 is 5.97 Å². The number of hydrogen-bond acceptors (Lipinski definition) is 7. The summed E-state index contributed by atoms with van der Waals surface area (Å²) in [7, 11) is 0. The van der Waals surface area contributed by atoms with Crippen LogP contribution in [0.3, 0.4) is 0 Å². The van der Waals surface area contributed by atoms with Crippen LogP contribution in [0.15, 0.2) is 60.9 Å². The second-order valence-corrected chi connectivity index (χ2v) is 8.39. The highest BCUT2D eigenvalue weighted by Gasteiger charge is 2.13. The number of anilines is 4. The molecular formula is C26H27N7O3. The molecule has 0 aliphatic rings. The first-order valence-corrected chi connectivity index (χ1v) is 11.4. The molecule has 10 nitrogen and oxygen atoms in total. The summed E-state index contributed by atoms with van der Waals surface area (Å²) in [6, 6.07) is 16.7. The monoisotopic (exact) mass is 485 g/mol. The fraction of sp³-hybridized carbons (Fsp3) is 0.192. The van der Waals surface area contributed by atoms with Gasteiger partial charge in [0.15, 0.2) is 5.82 Å². The number of benzene rings is 2. The molecule has 0 atom stereocenters. The van der Waals surface area contributed by atoms with Gasteiger partial charge in [0.05, 0.1) is 12.1 Å². The van der Waals surface area contributed by atoms with Crippen LogP contribution >= 0.6 is 0 Å². The molecule has 0 saturated carbocycles. The Kier molecular flexibility index (Phi) is 7.24. The first kappa shape index (κ1) is 24.4. The predicted molar refractivity (Wildman–Crippen MR) is 138 cm³/mol.